The molecule has 1 fully saturated rings. The van der Waals surface area contributed by atoms with Crippen LogP contribution in [0.5, 0.6) is 5.75 Å². The Balaban J connectivity index is 1.67. The fraction of sp³-hybridized carbons (Fsp3) is 0.348. The molecule has 1 aliphatic rings. The Hall–Kier alpha value is -2.81. The number of rotatable bonds is 7. The van der Waals surface area contributed by atoms with Gasteiger partial charge in [0, 0.05) is 18.3 Å². The second kappa shape index (κ2) is 11.4. The van der Waals surface area contributed by atoms with E-state index in [1.807, 2.05) is 4.90 Å². The highest BCUT2D eigenvalue weighted by molar-refractivity contribution is 6.42. The minimum atomic E-state index is -0.452. The predicted octanol–water partition coefficient (Wildman–Crippen LogP) is 4.39. The molecule has 0 aromatic heterocycles. The van der Waals surface area contributed by atoms with E-state index in [-0.39, 0.29) is 24.3 Å². The van der Waals surface area contributed by atoms with Crippen LogP contribution in [0, 0.1) is 0 Å². The van der Waals surface area contributed by atoms with Crippen LogP contribution in [0.2, 0.25) is 10.0 Å². The lowest BCUT2D eigenvalue weighted by atomic mass is 10.0. The predicted molar refractivity (Wildman–Crippen MR) is 130 cm³/mol. The monoisotopic (exact) mass is 492 g/mol. The highest BCUT2D eigenvalue weighted by Gasteiger charge is 2.30. The van der Waals surface area contributed by atoms with E-state index in [9.17, 15) is 14.4 Å². The van der Waals surface area contributed by atoms with Crippen molar-refractivity contribution in [2.75, 3.05) is 36.1 Å². The molecular formula is C23H26Cl2N4O4. The number of piperidine rings is 1. The van der Waals surface area contributed by atoms with Gasteiger partial charge in [0.2, 0.25) is 17.7 Å². The van der Waals surface area contributed by atoms with Crippen LogP contribution in [0.1, 0.15) is 26.2 Å². The smallest absolute Gasteiger partial charge is 0.241 e. The van der Waals surface area contributed by atoms with E-state index >= 15 is 0 Å². The van der Waals surface area contributed by atoms with E-state index in [1.54, 1.807) is 36.4 Å². The normalized spacial score (nSPS) is 16.1. The number of carbonyl (C=O) groups is 3. The second-order valence-electron chi connectivity index (χ2n) is 7.74. The van der Waals surface area contributed by atoms with Gasteiger partial charge in [-0.2, -0.15) is 0 Å². The maximum absolute atomic E-state index is 12.9. The van der Waals surface area contributed by atoms with Crippen molar-refractivity contribution in [3.63, 3.8) is 0 Å². The van der Waals surface area contributed by atoms with E-state index in [1.165, 1.54) is 14.0 Å². The molecule has 3 amide bonds. The topological polar surface area (TPSA) is 99.8 Å². The van der Waals surface area contributed by atoms with Crippen molar-refractivity contribution in [3.05, 3.63) is 46.4 Å². The van der Waals surface area contributed by atoms with Gasteiger partial charge < -0.3 is 20.7 Å². The highest BCUT2D eigenvalue weighted by Crippen LogP contribution is 2.29. The molecule has 0 saturated carbocycles. The molecule has 0 radical (unpaired) electrons. The van der Waals surface area contributed by atoms with Gasteiger partial charge in [-0.05, 0) is 55.8 Å². The molecule has 8 nitrogen and oxygen atoms in total. The Morgan fingerprint density at radius 3 is 2.42 bits per heavy atom. The molecule has 10 heteroatoms. The van der Waals surface area contributed by atoms with Crippen molar-refractivity contribution in [3.8, 4) is 5.75 Å². The quantitative estimate of drug-likeness (QED) is 0.531. The second-order valence-corrected chi connectivity index (χ2v) is 8.56. The molecule has 1 atom stereocenters. The molecule has 1 saturated heterocycles. The summed E-state index contributed by atoms with van der Waals surface area (Å²) in [6, 6.07) is 9.42. The summed E-state index contributed by atoms with van der Waals surface area (Å²) >= 11 is 12.0. The number of halogens is 2. The van der Waals surface area contributed by atoms with Gasteiger partial charge in [0.1, 0.15) is 5.75 Å². The molecule has 176 valence electrons. The standard InChI is InChI=1S/C23H26Cl2N4O4/c1-14(30)26-16-7-9-21(33-2)19(12-16)28-22(31)13-29-10-4-3-5-20(29)23(32)27-15-6-8-17(24)18(25)11-15/h6-9,11-12,20H,3-5,10,13H2,1-2H3,(H,26,30)(H,27,32)(H,28,31). The first-order valence-electron chi connectivity index (χ1n) is 10.5. The number of methoxy groups -OCH3 is 1. The summed E-state index contributed by atoms with van der Waals surface area (Å²) in [6.07, 6.45) is 2.43. The molecule has 33 heavy (non-hydrogen) atoms. The molecule has 1 unspecified atom stereocenters. The van der Waals surface area contributed by atoms with Gasteiger partial charge in [-0.3, -0.25) is 19.3 Å². The number of hydrogen-bond acceptors (Lipinski definition) is 5. The van der Waals surface area contributed by atoms with E-state index in [0.29, 0.717) is 45.8 Å². The van der Waals surface area contributed by atoms with Crippen LogP contribution in [0.3, 0.4) is 0 Å². The van der Waals surface area contributed by atoms with Crippen molar-refractivity contribution in [1.29, 1.82) is 0 Å². The lowest BCUT2D eigenvalue weighted by Gasteiger charge is -2.34. The van der Waals surface area contributed by atoms with Crippen LogP contribution in [-0.4, -0.2) is 48.9 Å². The molecule has 0 spiro atoms. The van der Waals surface area contributed by atoms with Gasteiger partial charge in [0.25, 0.3) is 0 Å². The third-order valence-electron chi connectivity index (χ3n) is 5.24. The number of benzene rings is 2. The number of carbonyl (C=O) groups excluding carboxylic acids is 3. The summed E-state index contributed by atoms with van der Waals surface area (Å²) in [5.41, 5.74) is 1.52. The van der Waals surface area contributed by atoms with E-state index in [2.05, 4.69) is 16.0 Å². The molecule has 3 N–H and O–H groups in total. The zero-order chi connectivity index (χ0) is 24.0. The fourth-order valence-electron chi connectivity index (χ4n) is 3.74. The minimum Gasteiger partial charge on any atom is -0.495 e. The summed E-state index contributed by atoms with van der Waals surface area (Å²) in [5, 5.41) is 9.12. The number of ether oxygens (including phenoxy) is 1. The number of amides is 3. The Kier molecular flexibility index (Phi) is 8.55. The van der Waals surface area contributed by atoms with Crippen LogP contribution in [0.15, 0.2) is 36.4 Å². The molecule has 2 aromatic carbocycles. The van der Waals surface area contributed by atoms with Crippen LogP contribution >= 0.6 is 23.2 Å². The van der Waals surface area contributed by atoms with E-state index < -0.39 is 6.04 Å². The average molecular weight is 493 g/mol. The molecule has 0 bridgehead atoms. The third kappa shape index (κ3) is 6.83. The van der Waals surface area contributed by atoms with Gasteiger partial charge in [-0.1, -0.05) is 29.6 Å². The summed E-state index contributed by atoms with van der Waals surface area (Å²) in [4.78, 5) is 39.0. The molecular weight excluding hydrogens is 467 g/mol. The number of likely N-dealkylation sites (tertiary alicyclic amines) is 1. The first kappa shape index (κ1) is 24.8. The molecule has 0 aliphatic carbocycles. The van der Waals surface area contributed by atoms with Crippen LogP contribution < -0.4 is 20.7 Å². The summed E-state index contributed by atoms with van der Waals surface area (Å²) in [7, 11) is 1.50. The Bertz CT molecular complexity index is 1050. The molecule has 3 rings (SSSR count). The Morgan fingerprint density at radius 2 is 1.73 bits per heavy atom. The summed E-state index contributed by atoms with van der Waals surface area (Å²) < 4.78 is 5.31. The zero-order valence-electron chi connectivity index (χ0n) is 18.4. The van der Waals surface area contributed by atoms with Crippen molar-refractivity contribution in [2.24, 2.45) is 0 Å². The Morgan fingerprint density at radius 1 is 1.00 bits per heavy atom. The van der Waals surface area contributed by atoms with Crippen LogP contribution in [0.4, 0.5) is 17.1 Å². The molecule has 1 aliphatic heterocycles. The lowest BCUT2D eigenvalue weighted by Crippen LogP contribution is -2.49. The largest absolute Gasteiger partial charge is 0.495 e. The van der Waals surface area contributed by atoms with Gasteiger partial charge in [0.05, 0.1) is 35.4 Å². The molecule has 2 aromatic rings. The van der Waals surface area contributed by atoms with E-state index in [0.717, 1.165) is 12.8 Å². The SMILES string of the molecule is COc1ccc(NC(C)=O)cc1NC(=O)CN1CCCCC1C(=O)Nc1ccc(Cl)c(Cl)c1. The summed E-state index contributed by atoms with van der Waals surface area (Å²) in [6.45, 7) is 2.06. The van der Waals surface area contributed by atoms with E-state index in [4.69, 9.17) is 27.9 Å². The Labute approximate surface area is 202 Å². The zero-order valence-corrected chi connectivity index (χ0v) is 19.9. The number of nitrogens with zero attached hydrogens (tertiary/aromatic N) is 1. The number of nitrogens with one attached hydrogen (secondary N) is 3. The average Bonchev–Trinajstić information content (AvgIpc) is 2.76. The van der Waals surface area contributed by atoms with Crippen LogP contribution in [0.25, 0.3) is 0 Å². The fourth-order valence-corrected chi connectivity index (χ4v) is 4.04. The lowest BCUT2D eigenvalue weighted by molar-refractivity contribution is -0.125. The number of hydrogen-bond donors (Lipinski definition) is 3. The van der Waals surface area contributed by atoms with Gasteiger partial charge in [-0.15, -0.1) is 0 Å². The minimum absolute atomic E-state index is 0.0347. The van der Waals surface area contributed by atoms with Crippen molar-refractivity contribution in [2.45, 2.75) is 32.2 Å². The third-order valence-corrected chi connectivity index (χ3v) is 5.98. The first-order chi connectivity index (χ1) is 15.8. The van der Waals surface area contributed by atoms with Crippen LogP contribution in [-0.2, 0) is 14.4 Å². The highest BCUT2D eigenvalue weighted by atomic mass is 35.5. The van der Waals surface area contributed by atoms with Gasteiger partial charge >= 0.3 is 0 Å². The van der Waals surface area contributed by atoms with Crippen molar-refractivity contribution >= 4 is 58.0 Å². The maximum atomic E-state index is 12.9. The van der Waals surface area contributed by atoms with Crippen molar-refractivity contribution in [1.82, 2.24) is 4.90 Å². The molecule has 1 heterocycles. The number of anilines is 3. The summed E-state index contributed by atoms with van der Waals surface area (Å²) in [5.74, 6) is -0.250. The first-order valence-corrected chi connectivity index (χ1v) is 11.3. The van der Waals surface area contributed by atoms with Gasteiger partial charge in [-0.25, -0.2) is 0 Å². The van der Waals surface area contributed by atoms with Gasteiger partial charge in [0.15, 0.2) is 0 Å². The maximum Gasteiger partial charge on any atom is 0.241 e. The van der Waals surface area contributed by atoms with Crippen molar-refractivity contribution < 1.29 is 19.1 Å².